The Morgan fingerprint density at radius 2 is 1.57 bits per heavy atom. The first-order chi connectivity index (χ1) is 11.0. The van der Waals surface area contributed by atoms with Crippen LogP contribution in [0.2, 0.25) is 10.0 Å². The zero-order valence-electron chi connectivity index (χ0n) is 12.3. The van der Waals surface area contributed by atoms with Gasteiger partial charge in [0.1, 0.15) is 0 Å². The number of nitrogens with one attached hydrogen (secondary N) is 2. The van der Waals surface area contributed by atoms with Crippen molar-refractivity contribution in [2.45, 2.75) is 12.8 Å². The van der Waals surface area contributed by atoms with Crippen molar-refractivity contribution in [3.8, 4) is 0 Å². The SMILES string of the molecule is O=C(CCc1ccccc1)NCC(=O)Nc1cc(Cl)cc(Cl)c1. The molecule has 0 spiro atoms. The number of benzene rings is 2. The Morgan fingerprint density at radius 3 is 2.22 bits per heavy atom. The number of rotatable bonds is 6. The van der Waals surface area contributed by atoms with Crippen LogP contribution in [-0.2, 0) is 16.0 Å². The maximum atomic E-state index is 11.8. The summed E-state index contributed by atoms with van der Waals surface area (Å²) in [6.45, 7) is -0.0994. The third-order valence-electron chi connectivity index (χ3n) is 3.08. The zero-order valence-corrected chi connectivity index (χ0v) is 13.8. The van der Waals surface area contributed by atoms with Gasteiger partial charge in [0.2, 0.25) is 11.8 Å². The molecule has 0 aromatic heterocycles. The van der Waals surface area contributed by atoms with E-state index >= 15 is 0 Å². The van der Waals surface area contributed by atoms with Crippen molar-refractivity contribution < 1.29 is 9.59 Å². The fraction of sp³-hybridized carbons (Fsp3) is 0.176. The first kappa shape index (κ1) is 17.3. The van der Waals surface area contributed by atoms with Crippen LogP contribution in [-0.4, -0.2) is 18.4 Å². The third kappa shape index (κ3) is 6.30. The molecule has 0 bridgehead atoms. The highest BCUT2D eigenvalue weighted by Crippen LogP contribution is 2.22. The third-order valence-corrected chi connectivity index (χ3v) is 3.51. The molecule has 2 aromatic rings. The summed E-state index contributed by atoms with van der Waals surface area (Å²) in [5.41, 5.74) is 1.58. The largest absolute Gasteiger partial charge is 0.347 e. The number of anilines is 1. The molecule has 2 N–H and O–H groups in total. The average molecular weight is 351 g/mol. The molecule has 0 atom stereocenters. The lowest BCUT2D eigenvalue weighted by atomic mass is 10.1. The quantitative estimate of drug-likeness (QED) is 0.834. The molecule has 0 radical (unpaired) electrons. The summed E-state index contributed by atoms with van der Waals surface area (Å²) < 4.78 is 0. The van der Waals surface area contributed by atoms with E-state index in [2.05, 4.69) is 10.6 Å². The average Bonchev–Trinajstić information content (AvgIpc) is 2.51. The number of carbonyl (C=O) groups excluding carboxylic acids is 2. The first-order valence-electron chi connectivity index (χ1n) is 7.09. The highest BCUT2D eigenvalue weighted by Gasteiger charge is 2.07. The predicted molar refractivity (Wildman–Crippen MR) is 92.9 cm³/mol. The molecule has 6 heteroatoms. The van der Waals surface area contributed by atoms with Crippen LogP contribution in [0.1, 0.15) is 12.0 Å². The van der Waals surface area contributed by atoms with Crippen molar-refractivity contribution in [3.05, 3.63) is 64.1 Å². The molecule has 2 aromatic carbocycles. The molecule has 0 saturated carbocycles. The lowest BCUT2D eigenvalue weighted by molar-refractivity contribution is -0.124. The Bertz CT molecular complexity index is 670. The van der Waals surface area contributed by atoms with E-state index in [4.69, 9.17) is 23.2 Å². The minimum absolute atomic E-state index is 0.0994. The molecule has 0 aliphatic rings. The van der Waals surface area contributed by atoms with Gasteiger partial charge in [0.05, 0.1) is 6.54 Å². The number of hydrogen-bond acceptors (Lipinski definition) is 2. The van der Waals surface area contributed by atoms with E-state index in [9.17, 15) is 9.59 Å². The summed E-state index contributed by atoms with van der Waals surface area (Å²) >= 11 is 11.7. The molecule has 0 aliphatic carbocycles. The van der Waals surface area contributed by atoms with Crippen LogP contribution in [0, 0.1) is 0 Å². The summed E-state index contributed by atoms with van der Waals surface area (Å²) in [6, 6.07) is 14.4. The zero-order chi connectivity index (χ0) is 16.7. The molecule has 2 amide bonds. The van der Waals surface area contributed by atoms with E-state index in [1.54, 1.807) is 18.2 Å². The van der Waals surface area contributed by atoms with E-state index in [0.717, 1.165) is 5.56 Å². The summed E-state index contributed by atoms with van der Waals surface area (Å²) in [5.74, 6) is -0.510. The van der Waals surface area contributed by atoms with Gasteiger partial charge in [0, 0.05) is 22.2 Å². The minimum atomic E-state index is -0.337. The Hall–Kier alpha value is -2.04. The van der Waals surface area contributed by atoms with Crippen LogP contribution in [0.25, 0.3) is 0 Å². The van der Waals surface area contributed by atoms with Crippen molar-refractivity contribution in [1.82, 2.24) is 5.32 Å². The van der Waals surface area contributed by atoms with E-state index < -0.39 is 0 Å². The molecule has 0 saturated heterocycles. The van der Waals surface area contributed by atoms with Gasteiger partial charge in [-0.05, 0) is 30.2 Å². The van der Waals surface area contributed by atoms with Crippen molar-refractivity contribution in [3.63, 3.8) is 0 Å². The number of aryl methyl sites for hydroxylation is 1. The smallest absolute Gasteiger partial charge is 0.243 e. The lowest BCUT2D eigenvalue weighted by Gasteiger charge is -2.08. The van der Waals surface area contributed by atoms with Gasteiger partial charge in [-0.15, -0.1) is 0 Å². The summed E-state index contributed by atoms with van der Waals surface area (Å²) in [5, 5.41) is 6.08. The van der Waals surface area contributed by atoms with Crippen LogP contribution < -0.4 is 10.6 Å². The standard InChI is InChI=1S/C17H16Cl2N2O2/c18-13-8-14(19)10-15(9-13)21-17(23)11-20-16(22)7-6-12-4-2-1-3-5-12/h1-5,8-10H,6-7,11H2,(H,20,22)(H,21,23). The van der Waals surface area contributed by atoms with Gasteiger partial charge in [0.15, 0.2) is 0 Å². The van der Waals surface area contributed by atoms with Crippen molar-refractivity contribution >= 4 is 40.7 Å². The van der Waals surface area contributed by atoms with Crippen molar-refractivity contribution in [2.24, 2.45) is 0 Å². The Morgan fingerprint density at radius 1 is 0.913 bits per heavy atom. The second-order valence-electron chi connectivity index (χ2n) is 4.97. The molecular weight excluding hydrogens is 335 g/mol. The van der Waals surface area contributed by atoms with Gasteiger partial charge >= 0.3 is 0 Å². The summed E-state index contributed by atoms with van der Waals surface area (Å²) in [6.07, 6.45) is 0.971. The second-order valence-corrected chi connectivity index (χ2v) is 5.84. The van der Waals surface area contributed by atoms with Gasteiger partial charge in [-0.2, -0.15) is 0 Å². The van der Waals surface area contributed by atoms with Crippen LogP contribution in [0.4, 0.5) is 5.69 Å². The lowest BCUT2D eigenvalue weighted by Crippen LogP contribution is -2.32. The van der Waals surface area contributed by atoms with Gasteiger partial charge in [-0.25, -0.2) is 0 Å². The molecule has 0 heterocycles. The number of hydrogen-bond donors (Lipinski definition) is 2. The number of carbonyl (C=O) groups is 2. The molecule has 2 rings (SSSR count). The van der Waals surface area contributed by atoms with Crippen LogP contribution in [0.15, 0.2) is 48.5 Å². The van der Waals surface area contributed by atoms with Crippen LogP contribution in [0.3, 0.4) is 0 Å². The van der Waals surface area contributed by atoms with Crippen molar-refractivity contribution in [1.29, 1.82) is 0 Å². The maximum absolute atomic E-state index is 11.8. The van der Waals surface area contributed by atoms with E-state index in [-0.39, 0.29) is 18.4 Å². The Labute approximate surface area is 144 Å². The second kappa shape index (κ2) is 8.56. The van der Waals surface area contributed by atoms with Gasteiger partial charge < -0.3 is 10.6 Å². The van der Waals surface area contributed by atoms with E-state index in [1.165, 1.54) is 0 Å². The Balaban J connectivity index is 1.74. The predicted octanol–water partition coefficient (Wildman–Crippen LogP) is 3.68. The fourth-order valence-corrected chi connectivity index (χ4v) is 2.53. The molecule has 4 nitrogen and oxygen atoms in total. The number of amides is 2. The number of halogens is 2. The topological polar surface area (TPSA) is 58.2 Å². The van der Waals surface area contributed by atoms with Crippen LogP contribution >= 0.6 is 23.2 Å². The molecule has 0 aliphatic heterocycles. The van der Waals surface area contributed by atoms with Gasteiger partial charge in [0.25, 0.3) is 0 Å². The first-order valence-corrected chi connectivity index (χ1v) is 7.85. The normalized spacial score (nSPS) is 10.2. The highest BCUT2D eigenvalue weighted by molar-refractivity contribution is 6.35. The molecular formula is C17H16Cl2N2O2. The summed E-state index contributed by atoms with van der Waals surface area (Å²) in [7, 11) is 0. The molecule has 0 unspecified atom stereocenters. The van der Waals surface area contributed by atoms with Gasteiger partial charge in [-0.3, -0.25) is 9.59 Å². The summed E-state index contributed by atoms with van der Waals surface area (Å²) in [4.78, 5) is 23.5. The monoisotopic (exact) mass is 350 g/mol. The van der Waals surface area contributed by atoms with Crippen LogP contribution in [0.5, 0.6) is 0 Å². The molecule has 120 valence electrons. The van der Waals surface area contributed by atoms with E-state index in [0.29, 0.717) is 28.6 Å². The minimum Gasteiger partial charge on any atom is -0.347 e. The Kier molecular flexibility index (Phi) is 6.44. The maximum Gasteiger partial charge on any atom is 0.243 e. The highest BCUT2D eigenvalue weighted by atomic mass is 35.5. The molecule has 0 fully saturated rings. The van der Waals surface area contributed by atoms with Crippen molar-refractivity contribution in [2.75, 3.05) is 11.9 Å². The molecule has 23 heavy (non-hydrogen) atoms. The van der Waals surface area contributed by atoms with Gasteiger partial charge in [-0.1, -0.05) is 53.5 Å². The van der Waals surface area contributed by atoms with E-state index in [1.807, 2.05) is 30.3 Å². The fourth-order valence-electron chi connectivity index (χ4n) is 2.00.